The summed E-state index contributed by atoms with van der Waals surface area (Å²) in [6.07, 6.45) is 4.03. The molecule has 1 aromatic heterocycles. The Morgan fingerprint density at radius 1 is 0.848 bits per heavy atom. The molecule has 5 rings (SSSR count). The second-order valence-corrected chi connectivity index (χ2v) is 8.45. The zero-order chi connectivity index (χ0) is 22.9. The van der Waals surface area contributed by atoms with Crippen molar-refractivity contribution < 1.29 is 23.8 Å². The van der Waals surface area contributed by atoms with Crippen LogP contribution in [-0.2, 0) is 11.3 Å². The highest BCUT2D eigenvalue weighted by Gasteiger charge is 2.37. The normalized spacial score (nSPS) is 16.1. The maximum absolute atomic E-state index is 13.5. The van der Waals surface area contributed by atoms with E-state index in [4.69, 9.17) is 14.2 Å². The number of fused-ring (bicyclic) bond motifs is 3. The standard InChI is InChI=1S/C26H28N2O5/c1-31-25-19-9-12-28(11-6-5-10-27-13-15-33-16-14-27)22(19)26(32-2)21-20(25)23(29)17-7-3-4-8-18(17)24(21)30/h3-4,7-9,12H,5-6,10-11,13-16H2,1-2H3. The van der Waals surface area contributed by atoms with Crippen molar-refractivity contribution in [2.24, 2.45) is 0 Å². The molecule has 1 saturated heterocycles. The minimum absolute atomic E-state index is 0.211. The predicted molar refractivity (Wildman–Crippen MR) is 125 cm³/mol. The van der Waals surface area contributed by atoms with Crippen molar-refractivity contribution in [3.63, 3.8) is 0 Å². The first kappa shape index (κ1) is 21.7. The van der Waals surface area contributed by atoms with E-state index in [1.807, 2.05) is 12.3 Å². The molecule has 2 aliphatic rings. The maximum Gasteiger partial charge on any atom is 0.198 e. The van der Waals surface area contributed by atoms with E-state index in [1.165, 1.54) is 0 Å². The molecule has 1 aliphatic heterocycles. The highest BCUT2D eigenvalue weighted by atomic mass is 16.5. The molecule has 0 atom stereocenters. The van der Waals surface area contributed by atoms with Crippen molar-refractivity contribution in [1.29, 1.82) is 0 Å². The smallest absolute Gasteiger partial charge is 0.198 e. The van der Waals surface area contributed by atoms with Gasteiger partial charge in [0.2, 0.25) is 0 Å². The van der Waals surface area contributed by atoms with Gasteiger partial charge in [0.15, 0.2) is 17.3 Å². The minimum atomic E-state index is -0.212. The van der Waals surface area contributed by atoms with Crippen molar-refractivity contribution in [2.75, 3.05) is 47.1 Å². The molecule has 0 bridgehead atoms. The van der Waals surface area contributed by atoms with Gasteiger partial charge in [0.1, 0.15) is 5.75 Å². The number of hydrogen-bond donors (Lipinski definition) is 0. The number of benzene rings is 2. The molecule has 0 amide bonds. The van der Waals surface area contributed by atoms with Crippen molar-refractivity contribution >= 4 is 22.5 Å². The molecule has 0 unspecified atom stereocenters. The van der Waals surface area contributed by atoms with Crippen molar-refractivity contribution in [3.8, 4) is 11.5 Å². The largest absolute Gasteiger partial charge is 0.495 e. The summed E-state index contributed by atoms with van der Waals surface area (Å²) in [4.78, 5) is 29.3. The summed E-state index contributed by atoms with van der Waals surface area (Å²) in [6.45, 7) is 5.41. The van der Waals surface area contributed by atoms with E-state index in [1.54, 1.807) is 38.5 Å². The number of ketones is 2. The predicted octanol–water partition coefficient (Wildman–Crippen LogP) is 3.55. The number of rotatable bonds is 7. The van der Waals surface area contributed by atoms with Gasteiger partial charge in [0, 0.05) is 42.3 Å². The SMILES string of the molecule is COc1c2c(c(OC)c3c1ccn3CCCCN1CCOCC1)C(=O)c1ccccc1C2=O. The van der Waals surface area contributed by atoms with E-state index >= 15 is 0 Å². The molecule has 1 aliphatic carbocycles. The minimum Gasteiger partial charge on any atom is -0.495 e. The van der Waals surface area contributed by atoms with Crippen molar-refractivity contribution in [2.45, 2.75) is 19.4 Å². The average molecular weight is 449 g/mol. The van der Waals surface area contributed by atoms with E-state index in [2.05, 4.69) is 9.47 Å². The number of methoxy groups -OCH3 is 2. The first-order chi connectivity index (χ1) is 16.2. The third-order valence-corrected chi connectivity index (χ3v) is 6.63. The van der Waals surface area contributed by atoms with Gasteiger partial charge in [-0.1, -0.05) is 24.3 Å². The van der Waals surface area contributed by atoms with Gasteiger partial charge >= 0.3 is 0 Å². The van der Waals surface area contributed by atoms with Crippen LogP contribution in [0.15, 0.2) is 36.5 Å². The summed E-state index contributed by atoms with van der Waals surface area (Å²) < 4.78 is 19.0. The first-order valence-electron chi connectivity index (χ1n) is 11.4. The molecule has 0 saturated carbocycles. The molecule has 2 aromatic carbocycles. The van der Waals surface area contributed by atoms with Crippen LogP contribution in [0.25, 0.3) is 10.9 Å². The molecule has 33 heavy (non-hydrogen) atoms. The van der Waals surface area contributed by atoms with Gasteiger partial charge in [-0.05, 0) is 25.5 Å². The summed E-state index contributed by atoms with van der Waals surface area (Å²) in [6, 6.07) is 8.86. The summed E-state index contributed by atoms with van der Waals surface area (Å²) in [5.74, 6) is 0.445. The van der Waals surface area contributed by atoms with Crippen LogP contribution in [0.1, 0.15) is 44.7 Å². The highest BCUT2D eigenvalue weighted by molar-refractivity contribution is 6.32. The third-order valence-electron chi connectivity index (χ3n) is 6.63. The number of ether oxygens (including phenoxy) is 3. The molecule has 2 heterocycles. The van der Waals surface area contributed by atoms with Gasteiger partial charge in [-0.3, -0.25) is 14.5 Å². The Hall–Kier alpha value is -3.16. The molecule has 7 nitrogen and oxygen atoms in total. The Labute approximate surface area is 192 Å². The number of aromatic nitrogens is 1. The second kappa shape index (κ2) is 9.00. The van der Waals surface area contributed by atoms with Crippen LogP contribution in [0.2, 0.25) is 0 Å². The van der Waals surface area contributed by atoms with E-state index < -0.39 is 0 Å². The fraction of sp³-hybridized carbons (Fsp3) is 0.385. The Morgan fingerprint density at radius 2 is 1.45 bits per heavy atom. The number of nitrogens with zero attached hydrogens (tertiary/aromatic N) is 2. The second-order valence-electron chi connectivity index (χ2n) is 8.45. The quantitative estimate of drug-likeness (QED) is 0.403. The van der Waals surface area contributed by atoms with E-state index in [0.717, 1.165) is 63.1 Å². The summed E-state index contributed by atoms with van der Waals surface area (Å²) in [5, 5.41) is 0.779. The number of morpholine rings is 1. The fourth-order valence-corrected chi connectivity index (χ4v) is 5.01. The van der Waals surface area contributed by atoms with Gasteiger partial charge in [-0.2, -0.15) is 0 Å². The van der Waals surface area contributed by atoms with Crippen LogP contribution in [0, 0.1) is 0 Å². The number of aryl methyl sites for hydroxylation is 1. The lowest BCUT2D eigenvalue weighted by Gasteiger charge is -2.26. The van der Waals surface area contributed by atoms with Crippen molar-refractivity contribution in [1.82, 2.24) is 9.47 Å². The molecule has 7 heteroatoms. The van der Waals surface area contributed by atoms with Crippen LogP contribution >= 0.6 is 0 Å². The van der Waals surface area contributed by atoms with E-state index in [0.29, 0.717) is 28.2 Å². The zero-order valence-electron chi connectivity index (χ0n) is 19.1. The molecule has 172 valence electrons. The van der Waals surface area contributed by atoms with E-state index in [-0.39, 0.29) is 17.1 Å². The maximum atomic E-state index is 13.5. The number of carbonyl (C=O) groups is 2. The van der Waals surface area contributed by atoms with Crippen LogP contribution < -0.4 is 9.47 Å². The van der Waals surface area contributed by atoms with Gasteiger partial charge in [-0.15, -0.1) is 0 Å². The van der Waals surface area contributed by atoms with Gasteiger partial charge in [0.25, 0.3) is 0 Å². The Balaban J connectivity index is 1.52. The molecule has 0 N–H and O–H groups in total. The van der Waals surface area contributed by atoms with Crippen LogP contribution in [0.5, 0.6) is 11.5 Å². The van der Waals surface area contributed by atoms with Crippen LogP contribution in [0.4, 0.5) is 0 Å². The molecular formula is C26H28N2O5. The summed E-state index contributed by atoms with van der Waals surface area (Å²) >= 11 is 0. The van der Waals surface area contributed by atoms with E-state index in [9.17, 15) is 9.59 Å². The third kappa shape index (κ3) is 3.61. The monoisotopic (exact) mass is 448 g/mol. The Morgan fingerprint density at radius 3 is 2.09 bits per heavy atom. The van der Waals surface area contributed by atoms with Gasteiger partial charge < -0.3 is 18.8 Å². The average Bonchev–Trinajstić information content (AvgIpc) is 3.28. The number of unbranched alkanes of at least 4 members (excludes halogenated alkanes) is 1. The lowest BCUT2D eigenvalue weighted by atomic mass is 9.82. The summed E-state index contributed by atoms with van der Waals surface area (Å²) in [7, 11) is 3.09. The van der Waals surface area contributed by atoms with Gasteiger partial charge in [0.05, 0.1) is 44.1 Å². The lowest BCUT2D eigenvalue weighted by molar-refractivity contribution is 0.0371. The Kier molecular flexibility index (Phi) is 5.91. The summed E-state index contributed by atoms with van der Waals surface area (Å²) in [5.41, 5.74) is 2.17. The zero-order valence-corrected chi connectivity index (χ0v) is 19.1. The number of hydrogen-bond acceptors (Lipinski definition) is 6. The Bertz CT molecular complexity index is 1220. The molecule has 0 spiro atoms. The molecular weight excluding hydrogens is 420 g/mol. The first-order valence-corrected chi connectivity index (χ1v) is 11.4. The van der Waals surface area contributed by atoms with Crippen LogP contribution in [0.3, 0.4) is 0 Å². The topological polar surface area (TPSA) is 70.0 Å². The molecule has 1 fully saturated rings. The van der Waals surface area contributed by atoms with Crippen LogP contribution in [-0.4, -0.2) is 68.1 Å². The molecule has 0 radical (unpaired) electrons. The van der Waals surface area contributed by atoms with Gasteiger partial charge in [-0.25, -0.2) is 0 Å². The molecule has 3 aromatic rings. The van der Waals surface area contributed by atoms with Crippen molar-refractivity contribution in [3.05, 3.63) is 58.8 Å². The fourth-order valence-electron chi connectivity index (χ4n) is 5.01. The highest BCUT2D eigenvalue weighted by Crippen LogP contribution is 2.45. The lowest BCUT2D eigenvalue weighted by Crippen LogP contribution is -2.36. The number of carbonyl (C=O) groups excluding carboxylic acids is 2.